The number of hydrogen-bond donors (Lipinski definition) is 3. The van der Waals surface area contributed by atoms with E-state index < -0.39 is 5.91 Å². The highest BCUT2D eigenvalue weighted by atomic mass is 35.5. The maximum Gasteiger partial charge on any atom is 0.258 e. The van der Waals surface area contributed by atoms with Crippen LogP contribution in [0.3, 0.4) is 0 Å². The molecule has 0 saturated heterocycles. The molecule has 0 aromatic heterocycles. The second-order valence-electron chi connectivity index (χ2n) is 5.73. The van der Waals surface area contributed by atoms with E-state index in [4.69, 9.17) is 35.4 Å². The van der Waals surface area contributed by atoms with E-state index >= 15 is 0 Å². The molecule has 26 heavy (non-hydrogen) atoms. The van der Waals surface area contributed by atoms with Gasteiger partial charge in [-0.2, -0.15) is 0 Å². The first-order valence-electron chi connectivity index (χ1n) is 7.75. The minimum Gasteiger partial charge on any atom is -0.332 e. The van der Waals surface area contributed by atoms with Gasteiger partial charge in [-0.15, -0.1) is 0 Å². The van der Waals surface area contributed by atoms with Crippen molar-refractivity contribution in [2.24, 2.45) is 5.92 Å². The summed E-state index contributed by atoms with van der Waals surface area (Å²) in [6.07, 6.45) is 0. The van der Waals surface area contributed by atoms with E-state index in [0.29, 0.717) is 11.4 Å². The predicted octanol–water partition coefficient (Wildman–Crippen LogP) is 4.71. The Morgan fingerprint density at radius 1 is 1.00 bits per heavy atom. The van der Waals surface area contributed by atoms with E-state index in [0.717, 1.165) is 0 Å². The van der Waals surface area contributed by atoms with Gasteiger partial charge >= 0.3 is 0 Å². The standard InChI is InChI=1S/C18H17Cl2N3O2S/c1-10(2)16(24)21-11-5-3-6-12(9-11)22-18(26)23-17(25)13-7-4-8-14(19)15(13)20/h3-10H,1-2H3,(H,21,24)(H2,22,23,25,26). The normalized spacial score (nSPS) is 10.3. The Morgan fingerprint density at radius 2 is 1.62 bits per heavy atom. The summed E-state index contributed by atoms with van der Waals surface area (Å²) in [7, 11) is 0. The fourth-order valence-electron chi connectivity index (χ4n) is 1.97. The lowest BCUT2D eigenvalue weighted by Crippen LogP contribution is -2.34. The molecule has 0 unspecified atom stereocenters. The molecule has 0 aliphatic carbocycles. The summed E-state index contributed by atoms with van der Waals surface area (Å²) in [6, 6.07) is 11.8. The van der Waals surface area contributed by atoms with E-state index in [1.165, 1.54) is 0 Å². The van der Waals surface area contributed by atoms with Gasteiger partial charge in [0.05, 0.1) is 15.6 Å². The van der Waals surface area contributed by atoms with Crippen molar-refractivity contribution in [1.29, 1.82) is 0 Å². The van der Waals surface area contributed by atoms with Crippen molar-refractivity contribution in [2.45, 2.75) is 13.8 Å². The molecular formula is C18H17Cl2N3O2S. The van der Waals surface area contributed by atoms with Crippen molar-refractivity contribution < 1.29 is 9.59 Å². The summed E-state index contributed by atoms with van der Waals surface area (Å²) in [6.45, 7) is 3.62. The minimum absolute atomic E-state index is 0.0892. The Kier molecular flexibility index (Phi) is 6.97. The van der Waals surface area contributed by atoms with Crippen LogP contribution >= 0.6 is 35.4 Å². The highest BCUT2D eigenvalue weighted by Gasteiger charge is 2.14. The summed E-state index contributed by atoms with van der Waals surface area (Å²) in [5, 5.41) is 8.77. The quantitative estimate of drug-likeness (QED) is 0.639. The first-order valence-corrected chi connectivity index (χ1v) is 8.91. The largest absolute Gasteiger partial charge is 0.332 e. The van der Waals surface area contributed by atoms with Gasteiger partial charge in [0.15, 0.2) is 5.11 Å². The molecular weight excluding hydrogens is 393 g/mol. The molecule has 5 nitrogen and oxygen atoms in total. The third-order valence-corrected chi connectivity index (χ3v) is 4.36. The number of halogens is 2. The molecule has 0 radical (unpaired) electrons. The van der Waals surface area contributed by atoms with Gasteiger partial charge in [-0.05, 0) is 42.5 Å². The Morgan fingerprint density at radius 3 is 2.27 bits per heavy atom. The first-order chi connectivity index (χ1) is 12.3. The molecule has 2 aromatic rings. The molecule has 0 fully saturated rings. The van der Waals surface area contributed by atoms with Crippen molar-refractivity contribution in [1.82, 2.24) is 5.32 Å². The van der Waals surface area contributed by atoms with Crippen LogP contribution in [0.15, 0.2) is 42.5 Å². The Labute approximate surface area is 167 Å². The Bertz CT molecular complexity index is 856. The van der Waals surface area contributed by atoms with Crippen LogP contribution < -0.4 is 16.0 Å². The molecule has 0 aliphatic rings. The number of rotatable bonds is 4. The number of nitrogens with one attached hydrogen (secondary N) is 3. The summed E-state index contributed by atoms with van der Waals surface area (Å²) in [5.41, 5.74) is 1.47. The smallest absolute Gasteiger partial charge is 0.258 e. The van der Waals surface area contributed by atoms with Gasteiger partial charge in [-0.3, -0.25) is 14.9 Å². The van der Waals surface area contributed by atoms with Gasteiger partial charge in [-0.1, -0.05) is 49.2 Å². The number of anilines is 2. The van der Waals surface area contributed by atoms with E-state index in [1.54, 1.807) is 42.5 Å². The third kappa shape index (κ3) is 5.42. The van der Waals surface area contributed by atoms with Crippen molar-refractivity contribution in [3.8, 4) is 0 Å². The molecule has 0 aliphatic heterocycles. The van der Waals surface area contributed by atoms with Gasteiger partial charge in [0.1, 0.15) is 0 Å². The molecule has 2 rings (SSSR count). The maximum atomic E-state index is 12.3. The fourth-order valence-corrected chi connectivity index (χ4v) is 2.57. The topological polar surface area (TPSA) is 70.2 Å². The number of hydrogen-bond acceptors (Lipinski definition) is 3. The molecule has 2 aromatic carbocycles. The number of thiocarbonyl (C=S) groups is 1. The van der Waals surface area contributed by atoms with Gasteiger partial charge in [0.25, 0.3) is 5.91 Å². The Hall–Kier alpha value is -2.15. The van der Waals surface area contributed by atoms with Crippen LogP contribution in [0.25, 0.3) is 0 Å². The van der Waals surface area contributed by atoms with Crippen molar-refractivity contribution in [3.63, 3.8) is 0 Å². The molecule has 0 heterocycles. The van der Waals surface area contributed by atoms with E-state index in [2.05, 4.69) is 16.0 Å². The fraction of sp³-hybridized carbons (Fsp3) is 0.167. The zero-order chi connectivity index (χ0) is 19.3. The molecule has 0 atom stereocenters. The van der Waals surface area contributed by atoms with Gasteiger partial charge in [-0.25, -0.2) is 0 Å². The lowest BCUT2D eigenvalue weighted by Gasteiger charge is -2.12. The number of carbonyl (C=O) groups is 2. The number of carbonyl (C=O) groups excluding carboxylic acids is 2. The van der Waals surface area contributed by atoms with E-state index in [-0.39, 0.29) is 32.5 Å². The number of amides is 2. The van der Waals surface area contributed by atoms with Crippen molar-refractivity contribution in [3.05, 3.63) is 58.1 Å². The average molecular weight is 410 g/mol. The SMILES string of the molecule is CC(C)C(=O)Nc1cccc(NC(=S)NC(=O)c2cccc(Cl)c2Cl)c1. The minimum atomic E-state index is -0.473. The molecule has 136 valence electrons. The Balaban J connectivity index is 2.02. The van der Waals surface area contributed by atoms with Crippen molar-refractivity contribution >= 4 is 63.7 Å². The van der Waals surface area contributed by atoms with E-state index in [1.807, 2.05) is 13.8 Å². The van der Waals surface area contributed by atoms with Crippen LogP contribution in [0.2, 0.25) is 10.0 Å². The predicted molar refractivity (Wildman–Crippen MR) is 110 cm³/mol. The average Bonchev–Trinajstić information content (AvgIpc) is 2.57. The monoisotopic (exact) mass is 409 g/mol. The lowest BCUT2D eigenvalue weighted by atomic mass is 10.2. The second-order valence-corrected chi connectivity index (χ2v) is 6.93. The molecule has 0 saturated carbocycles. The van der Waals surface area contributed by atoms with Crippen LogP contribution in [0.1, 0.15) is 24.2 Å². The highest BCUT2D eigenvalue weighted by molar-refractivity contribution is 7.80. The summed E-state index contributed by atoms with van der Waals surface area (Å²) < 4.78 is 0. The third-order valence-electron chi connectivity index (χ3n) is 3.34. The highest BCUT2D eigenvalue weighted by Crippen LogP contribution is 2.25. The van der Waals surface area contributed by atoms with Crippen LogP contribution in [-0.2, 0) is 4.79 Å². The van der Waals surface area contributed by atoms with Crippen LogP contribution in [0, 0.1) is 5.92 Å². The zero-order valence-electron chi connectivity index (χ0n) is 14.1. The zero-order valence-corrected chi connectivity index (χ0v) is 16.4. The number of benzene rings is 2. The summed E-state index contributed by atoms with van der Waals surface area (Å²) in [5.74, 6) is -0.692. The van der Waals surface area contributed by atoms with Crippen LogP contribution in [-0.4, -0.2) is 16.9 Å². The molecule has 3 N–H and O–H groups in total. The molecule has 2 amide bonds. The second kappa shape index (κ2) is 8.98. The lowest BCUT2D eigenvalue weighted by molar-refractivity contribution is -0.118. The summed E-state index contributed by atoms with van der Waals surface area (Å²) in [4.78, 5) is 24.0. The van der Waals surface area contributed by atoms with Gasteiger partial charge in [0.2, 0.25) is 5.91 Å². The van der Waals surface area contributed by atoms with E-state index in [9.17, 15) is 9.59 Å². The molecule has 0 bridgehead atoms. The van der Waals surface area contributed by atoms with Gasteiger partial charge in [0, 0.05) is 17.3 Å². The summed E-state index contributed by atoms with van der Waals surface area (Å²) >= 11 is 17.1. The molecule has 0 spiro atoms. The first kappa shape index (κ1) is 20.2. The van der Waals surface area contributed by atoms with Gasteiger partial charge < -0.3 is 10.6 Å². The maximum absolute atomic E-state index is 12.3. The van der Waals surface area contributed by atoms with Crippen LogP contribution in [0.5, 0.6) is 0 Å². The van der Waals surface area contributed by atoms with Crippen molar-refractivity contribution in [2.75, 3.05) is 10.6 Å². The molecule has 8 heteroatoms. The van der Waals surface area contributed by atoms with Crippen LogP contribution in [0.4, 0.5) is 11.4 Å².